The summed E-state index contributed by atoms with van der Waals surface area (Å²) >= 11 is 0. The van der Waals surface area contributed by atoms with E-state index in [1.807, 2.05) is 13.8 Å². The normalized spacial score (nSPS) is 9.20. The van der Waals surface area contributed by atoms with Crippen molar-refractivity contribution in [3.8, 4) is 0 Å². The zero-order chi connectivity index (χ0) is 11.0. The maximum absolute atomic E-state index is 11.2. The summed E-state index contributed by atoms with van der Waals surface area (Å²) in [7, 11) is 0. The van der Waals surface area contributed by atoms with Crippen LogP contribution in [0.4, 0.5) is 0 Å². The van der Waals surface area contributed by atoms with Crippen molar-refractivity contribution in [3.05, 3.63) is 0 Å². The molecule has 0 aliphatic heterocycles. The van der Waals surface area contributed by atoms with Gasteiger partial charge in [0.15, 0.2) is 0 Å². The molecule has 0 amide bonds. The molecule has 0 aromatic rings. The zero-order valence-electron chi connectivity index (χ0n) is 11.7. The molecule has 0 heterocycles. The summed E-state index contributed by atoms with van der Waals surface area (Å²) in [6.07, 6.45) is 3.53. The monoisotopic (exact) mass is 240 g/mol. The van der Waals surface area contributed by atoms with Crippen LogP contribution in [0.25, 0.3) is 0 Å². The smallest absolute Gasteiger partial charge is 1.00 e. The predicted octanol–water partition coefficient (Wildman–Crippen LogP) is 1.92. The van der Waals surface area contributed by atoms with E-state index in [0.29, 0.717) is 12.8 Å². The number of carbonyl (C=O) groups is 3. The van der Waals surface area contributed by atoms with Crippen LogP contribution in [0.3, 0.4) is 0 Å². The fourth-order valence-electron chi connectivity index (χ4n) is 1.06. The largest absolute Gasteiger partial charge is 2.00 e. The first kappa shape index (κ1) is 17.7. The molecule has 0 fully saturated rings. The van der Waals surface area contributed by atoms with Gasteiger partial charge in [0.1, 0.15) is 0 Å². The Labute approximate surface area is 124 Å². The van der Waals surface area contributed by atoms with Gasteiger partial charge in [0.2, 0.25) is 11.6 Å². The van der Waals surface area contributed by atoms with Crippen molar-refractivity contribution < 1.29 is 17.2 Å². The van der Waals surface area contributed by atoms with Crippen molar-refractivity contribution >= 4 is 55.1 Å². The Balaban J connectivity index is -0.000000282. The minimum absolute atomic E-state index is 0. The van der Waals surface area contributed by atoms with E-state index in [2.05, 4.69) is 0 Å². The van der Waals surface area contributed by atoms with Gasteiger partial charge < -0.3 is 2.85 Å². The van der Waals surface area contributed by atoms with Crippen LogP contribution in [0.2, 0.25) is 0 Å². The van der Waals surface area contributed by atoms with E-state index >= 15 is 0 Å². The third-order valence-corrected chi connectivity index (χ3v) is 2.02. The van der Waals surface area contributed by atoms with Crippen LogP contribution in [0, 0.1) is 0 Å². The van der Waals surface area contributed by atoms with E-state index in [-0.39, 0.29) is 53.4 Å². The quantitative estimate of drug-likeness (QED) is 0.370. The molecule has 0 atom stereocenters. The Bertz CT molecular complexity index is 211. The molecule has 0 rings (SSSR count). The van der Waals surface area contributed by atoms with Crippen molar-refractivity contribution in [2.75, 3.05) is 0 Å². The molecule has 0 aliphatic rings. The average molecular weight is 240 g/mol. The van der Waals surface area contributed by atoms with Gasteiger partial charge in [0.25, 0.3) is 5.78 Å². The molecular weight excluding hydrogens is 220 g/mol. The molecule has 0 spiro atoms. The minimum Gasteiger partial charge on any atom is -1.00 e. The van der Waals surface area contributed by atoms with Gasteiger partial charge in [-0.3, -0.25) is 14.4 Å². The number of hydrogen-bond acceptors (Lipinski definition) is 3. The molecule has 15 heavy (non-hydrogen) atoms. The summed E-state index contributed by atoms with van der Waals surface area (Å²) in [6, 6.07) is 0. The first-order valence-corrected chi connectivity index (χ1v) is 5.23. The van der Waals surface area contributed by atoms with Crippen LogP contribution in [0.1, 0.15) is 55.2 Å². The molecule has 84 valence electrons. The van der Waals surface area contributed by atoms with E-state index in [1.54, 1.807) is 0 Å². The second-order valence-corrected chi connectivity index (χ2v) is 3.38. The fraction of sp³-hybridized carbons (Fsp3) is 0.727. The van der Waals surface area contributed by atoms with Gasteiger partial charge in [-0.25, -0.2) is 0 Å². The van der Waals surface area contributed by atoms with Crippen molar-refractivity contribution in [1.29, 1.82) is 0 Å². The first-order chi connectivity index (χ1) is 6.63. The van der Waals surface area contributed by atoms with E-state index in [1.165, 1.54) is 0 Å². The Morgan fingerprint density at radius 3 is 1.47 bits per heavy atom. The third-order valence-electron chi connectivity index (χ3n) is 2.02. The number of hydrogen-bond donors (Lipinski definition) is 0. The number of ketones is 3. The molecule has 0 saturated carbocycles. The first-order valence-electron chi connectivity index (χ1n) is 5.23. The van der Waals surface area contributed by atoms with Gasteiger partial charge in [0, 0.05) is 12.8 Å². The Morgan fingerprint density at radius 2 is 1.20 bits per heavy atom. The van der Waals surface area contributed by atoms with Crippen LogP contribution >= 0.6 is 0 Å². The topological polar surface area (TPSA) is 51.2 Å². The Hall–Kier alpha value is 0.270. The number of unbranched alkanes of at least 4 members (excludes halogenated alkanes) is 2. The zero-order valence-corrected chi connectivity index (χ0v) is 11.9. The number of rotatable bonds is 8. The maximum Gasteiger partial charge on any atom is 2.00 e. The molecule has 0 bridgehead atoms. The van der Waals surface area contributed by atoms with Crippen molar-refractivity contribution in [2.24, 2.45) is 0 Å². The molecular formula is C11H20CaO3. The predicted molar refractivity (Wildman–Crippen MR) is 62.0 cm³/mol. The average Bonchev–Trinajstić information content (AvgIpc) is 2.21. The molecule has 0 saturated heterocycles. The molecule has 4 heteroatoms. The van der Waals surface area contributed by atoms with Crippen molar-refractivity contribution in [1.82, 2.24) is 0 Å². The fourth-order valence-corrected chi connectivity index (χ4v) is 1.06. The SMILES string of the molecule is CCCCC(=O)C(=O)C(=O)CCCC.[Ca+2].[H-].[H-]. The molecule has 0 aliphatic carbocycles. The summed E-state index contributed by atoms with van der Waals surface area (Å²) < 4.78 is 0. The molecule has 3 nitrogen and oxygen atoms in total. The van der Waals surface area contributed by atoms with E-state index in [4.69, 9.17) is 0 Å². The molecule has 0 aromatic heterocycles. The second-order valence-electron chi connectivity index (χ2n) is 3.38. The van der Waals surface area contributed by atoms with Crippen LogP contribution in [0.5, 0.6) is 0 Å². The molecule has 0 aromatic carbocycles. The number of Topliss-reactive ketones (excluding diaryl/α,β-unsaturated/α-hetero) is 3. The van der Waals surface area contributed by atoms with E-state index in [0.717, 1.165) is 12.8 Å². The van der Waals surface area contributed by atoms with Crippen LogP contribution in [-0.4, -0.2) is 55.1 Å². The standard InChI is InChI=1S/C11H18O3.Ca.2H/c1-3-5-7-9(12)11(14)10(13)8-6-4-2;;;/h3-8H2,1-2H3;;;/q;+2;2*-1. The van der Waals surface area contributed by atoms with Crippen LogP contribution in [0.15, 0.2) is 0 Å². The summed E-state index contributed by atoms with van der Waals surface area (Å²) in [5.74, 6) is -1.84. The summed E-state index contributed by atoms with van der Waals surface area (Å²) in [5, 5.41) is 0. The van der Waals surface area contributed by atoms with Gasteiger partial charge in [-0.05, 0) is 12.8 Å². The van der Waals surface area contributed by atoms with Crippen molar-refractivity contribution in [2.45, 2.75) is 52.4 Å². The van der Waals surface area contributed by atoms with Gasteiger partial charge in [-0.1, -0.05) is 26.7 Å². The van der Waals surface area contributed by atoms with Gasteiger partial charge in [-0.15, -0.1) is 0 Å². The number of carbonyl (C=O) groups excluding carboxylic acids is 3. The van der Waals surface area contributed by atoms with Crippen molar-refractivity contribution in [3.63, 3.8) is 0 Å². The van der Waals surface area contributed by atoms with Crippen LogP contribution < -0.4 is 0 Å². The van der Waals surface area contributed by atoms with Crippen LogP contribution in [-0.2, 0) is 14.4 Å². The maximum atomic E-state index is 11.2. The third kappa shape index (κ3) is 8.12. The molecule has 0 unspecified atom stereocenters. The minimum atomic E-state index is -0.799. The summed E-state index contributed by atoms with van der Waals surface area (Å²) in [6.45, 7) is 3.88. The Kier molecular flexibility index (Phi) is 12.7. The summed E-state index contributed by atoms with van der Waals surface area (Å²) in [5.41, 5.74) is 0. The molecule has 0 radical (unpaired) electrons. The van der Waals surface area contributed by atoms with E-state index < -0.39 is 17.3 Å². The van der Waals surface area contributed by atoms with Gasteiger partial charge in [0.05, 0.1) is 0 Å². The van der Waals surface area contributed by atoms with Gasteiger partial charge in [-0.2, -0.15) is 0 Å². The second kappa shape index (κ2) is 10.8. The van der Waals surface area contributed by atoms with Gasteiger partial charge >= 0.3 is 37.7 Å². The van der Waals surface area contributed by atoms with E-state index in [9.17, 15) is 14.4 Å². The summed E-state index contributed by atoms with van der Waals surface area (Å²) in [4.78, 5) is 33.4. The molecule has 0 N–H and O–H groups in total. The Morgan fingerprint density at radius 1 is 0.867 bits per heavy atom.